The van der Waals surface area contributed by atoms with Crippen molar-refractivity contribution >= 4 is 17.6 Å². The molecule has 0 saturated heterocycles. The minimum atomic E-state index is -0.965. The number of carbonyl (C=O) groups excluding carboxylic acids is 1. The van der Waals surface area contributed by atoms with Crippen molar-refractivity contribution in [2.45, 2.75) is 27.2 Å². The Kier molecular flexibility index (Phi) is 5.74. The van der Waals surface area contributed by atoms with E-state index in [0.717, 1.165) is 16.7 Å². The number of nitrogens with one attached hydrogen (secondary N) is 1. The highest BCUT2D eigenvalue weighted by molar-refractivity contribution is 5.95. The molecule has 1 amide bonds. The van der Waals surface area contributed by atoms with Gasteiger partial charge in [-0.2, -0.15) is 0 Å². The van der Waals surface area contributed by atoms with Gasteiger partial charge in [-0.05, 0) is 38.0 Å². The first-order chi connectivity index (χ1) is 11.4. The van der Waals surface area contributed by atoms with E-state index in [0.29, 0.717) is 12.1 Å². The van der Waals surface area contributed by atoms with Crippen LogP contribution in [0.5, 0.6) is 0 Å². The Labute approximate surface area is 142 Å². The number of hydrogen-bond acceptors (Lipinski definition) is 2. The first kappa shape index (κ1) is 17.7. The maximum atomic E-state index is 12.7. The molecular formula is C20H23NO3. The van der Waals surface area contributed by atoms with E-state index >= 15 is 0 Å². The van der Waals surface area contributed by atoms with Gasteiger partial charge in [0, 0.05) is 5.69 Å². The first-order valence-electron chi connectivity index (χ1n) is 8.02. The monoisotopic (exact) mass is 325 g/mol. The highest BCUT2D eigenvalue weighted by atomic mass is 16.4. The van der Waals surface area contributed by atoms with Crippen LogP contribution in [0.4, 0.5) is 5.69 Å². The zero-order valence-corrected chi connectivity index (χ0v) is 14.2. The third-order valence-electron chi connectivity index (χ3n) is 4.11. The van der Waals surface area contributed by atoms with Crippen molar-refractivity contribution in [2.24, 2.45) is 11.8 Å². The molecule has 0 fully saturated rings. The first-order valence-corrected chi connectivity index (χ1v) is 8.02. The molecule has 0 spiro atoms. The summed E-state index contributed by atoms with van der Waals surface area (Å²) in [6.45, 7) is 5.58. The lowest BCUT2D eigenvalue weighted by Gasteiger charge is -2.21. The van der Waals surface area contributed by atoms with Gasteiger partial charge in [0.2, 0.25) is 5.91 Å². The molecule has 0 aliphatic rings. The molecule has 0 bridgehead atoms. The van der Waals surface area contributed by atoms with Crippen LogP contribution in [0.25, 0.3) is 0 Å². The van der Waals surface area contributed by atoms with Gasteiger partial charge in [0.05, 0.1) is 11.8 Å². The lowest BCUT2D eigenvalue weighted by molar-refractivity contribution is -0.145. The Balaban J connectivity index is 2.24. The molecule has 4 nitrogen and oxygen atoms in total. The van der Waals surface area contributed by atoms with Crippen molar-refractivity contribution < 1.29 is 14.7 Å². The molecule has 0 saturated carbocycles. The average Bonchev–Trinajstić information content (AvgIpc) is 2.51. The molecule has 2 rings (SSSR count). The van der Waals surface area contributed by atoms with Crippen LogP contribution in [-0.4, -0.2) is 17.0 Å². The summed E-state index contributed by atoms with van der Waals surface area (Å²) in [6.07, 6.45) is 0.397. The maximum Gasteiger partial charge on any atom is 0.307 e. The van der Waals surface area contributed by atoms with Gasteiger partial charge < -0.3 is 10.4 Å². The number of hydrogen-bond donors (Lipinski definition) is 2. The number of amides is 1. The number of carboxylic acids is 1. The van der Waals surface area contributed by atoms with Gasteiger partial charge >= 0.3 is 5.97 Å². The Morgan fingerprint density at radius 3 is 2.17 bits per heavy atom. The molecule has 0 aliphatic carbocycles. The summed E-state index contributed by atoms with van der Waals surface area (Å²) in [5, 5.41) is 12.2. The van der Waals surface area contributed by atoms with E-state index in [1.54, 1.807) is 19.1 Å². The lowest BCUT2D eigenvalue weighted by atomic mass is 9.86. The van der Waals surface area contributed by atoms with Gasteiger partial charge in [0.15, 0.2) is 0 Å². The predicted octanol–water partition coefficient (Wildman–Crippen LogP) is 3.82. The minimum Gasteiger partial charge on any atom is -0.481 e. The second-order valence-corrected chi connectivity index (χ2v) is 6.29. The van der Waals surface area contributed by atoms with E-state index in [9.17, 15) is 14.7 Å². The van der Waals surface area contributed by atoms with Crippen molar-refractivity contribution in [1.82, 2.24) is 0 Å². The van der Waals surface area contributed by atoms with Gasteiger partial charge in [-0.15, -0.1) is 0 Å². The fourth-order valence-electron chi connectivity index (χ4n) is 2.87. The van der Waals surface area contributed by atoms with E-state index in [2.05, 4.69) is 11.4 Å². The largest absolute Gasteiger partial charge is 0.481 e. The predicted molar refractivity (Wildman–Crippen MR) is 95.0 cm³/mol. The van der Waals surface area contributed by atoms with Crippen molar-refractivity contribution in [3.05, 3.63) is 65.2 Å². The van der Waals surface area contributed by atoms with Crippen LogP contribution in [0.3, 0.4) is 0 Å². The highest BCUT2D eigenvalue weighted by Crippen LogP contribution is 2.22. The van der Waals surface area contributed by atoms with Crippen molar-refractivity contribution in [2.75, 3.05) is 5.32 Å². The molecule has 2 N–H and O–H groups in total. The summed E-state index contributed by atoms with van der Waals surface area (Å²) in [5.74, 6) is -2.64. The zero-order valence-electron chi connectivity index (χ0n) is 14.2. The van der Waals surface area contributed by atoms with Crippen LogP contribution in [-0.2, 0) is 16.0 Å². The van der Waals surface area contributed by atoms with E-state index in [1.165, 1.54) is 0 Å². The number of benzene rings is 2. The summed E-state index contributed by atoms with van der Waals surface area (Å²) < 4.78 is 0. The number of aryl methyl sites for hydroxylation is 2. The maximum absolute atomic E-state index is 12.7. The van der Waals surface area contributed by atoms with Gasteiger partial charge in [0.1, 0.15) is 0 Å². The molecule has 0 radical (unpaired) electrons. The third-order valence-corrected chi connectivity index (χ3v) is 4.11. The zero-order chi connectivity index (χ0) is 17.7. The molecule has 126 valence electrons. The summed E-state index contributed by atoms with van der Waals surface area (Å²) in [6, 6.07) is 15.2. The lowest BCUT2D eigenvalue weighted by Crippen LogP contribution is -2.33. The fourth-order valence-corrected chi connectivity index (χ4v) is 2.87. The van der Waals surface area contributed by atoms with E-state index in [4.69, 9.17) is 0 Å². The van der Waals surface area contributed by atoms with Crippen LogP contribution in [0.15, 0.2) is 48.5 Å². The minimum absolute atomic E-state index is 0.268. The normalized spacial score (nSPS) is 13.1. The SMILES string of the molecule is Cc1cc(C)cc(C[C@H](C(=O)Nc2ccccc2)[C@H](C)C(=O)O)c1. The van der Waals surface area contributed by atoms with Gasteiger partial charge in [0.25, 0.3) is 0 Å². The summed E-state index contributed by atoms with van der Waals surface area (Å²) in [7, 11) is 0. The van der Waals surface area contributed by atoms with Crippen molar-refractivity contribution in [3.63, 3.8) is 0 Å². The number of carboxylic acid groups (broad SMARTS) is 1. The number of anilines is 1. The quantitative estimate of drug-likeness (QED) is 0.848. The van der Waals surface area contributed by atoms with Crippen LogP contribution in [0.1, 0.15) is 23.6 Å². The summed E-state index contributed by atoms with van der Waals surface area (Å²) in [4.78, 5) is 24.1. The van der Waals surface area contributed by atoms with Crippen LogP contribution >= 0.6 is 0 Å². The van der Waals surface area contributed by atoms with Gasteiger partial charge in [-0.3, -0.25) is 9.59 Å². The smallest absolute Gasteiger partial charge is 0.307 e. The summed E-state index contributed by atoms with van der Waals surface area (Å²) in [5.41, 5.74) is 3.87. The number of carbonyl (C=O) groups is 2. The number of aliphatic carboxylic acids is 1. The van der Waals surface area contributed by atoms with E-state index in [-0.39, 0.29) is 5.91 Å². The van der Waals surface area contributed by atoms with Crippen LogP contribution in [0, 0.1) is 25.7 Å². The van der Waals surface area contributed by atoms with Crippen LogP contribution < -0.4 is 5.32 Å². The second kappa shape index (κ2) is 7.77. The fraction of sp³-hybridized carbons (Fsp3) is 0.300. The Bertz CT molecular complexity index is 705. The molecule has 4 heteroatoms. The Hall–Kier alpha value is -2.62. The van der Waals surface area contributed by atoms with E-state index < -0.39 is 17.8 Å². The van der Waals surface area contributed by atoms with Gasteiger partial charge in [-0.25, -0.2) is 0 Å². The average molecular weight is 325 g/mol. The number of rotatable bonds is 6. The molecule has 2 atom stereocenters. The topological polar surface area (TPSA) is 66.4 Å². The summed E-state index contributed by atoms with van der Waals surface area (Å²) >= 11 is 0. The highest BCUT2D eigenvalue weighted by Gasteiger charge is 2.30. The second-order valence-electron chi connectivity index (χ2n) is 6.29. The molecular weight excluding hydrogens is 302 g/mol. The Morgan fingerprint density at radius 1 is 1.04 bits per heavy atom. The molecule has 0 unspecified atom stereocenters. The molecule has 0 aromatic heterocycles. The molecule has 0 aliphatic heterocycles. The molecule has 24 heavy (non-hydrogen) atoms. The van der Waals surface area contributed by atoms with Crippen molar-refractivity contribution in [3.8, 4) is 0 Å². The van der Waals surface area contributed by atoms with Gasteiger partial charge in [-0.1, -0.05) is 54.4 Å². The molecule has 0 heterocycles. The third kappa shape index (κ3) is 4.69. The van der Waals surface area contributed by atoms with Crippen molar-refractivity contribution in [1.29, 1.82) is 0 Å². The standard InChI is InChI=1S/C20H23NO3/c1-13-9-14(2)11-16(10-13)12-18(15(3)20(23)24)19(22)21-17-7-5-4-6-8-17/h4-11,15,18H,12H2,1-3H3,(H,21,22)(H,23,24)/t15-,18-/m0/s1. The van der Waals surface area contributed by atoms with Crippen LogP contribution in [0.2, 0.25) is 0 Å². The van der Waals surface area contributed by atoms with E-state index in [1.807, 2.05) is 44.2 Å². The number of para-hydroxylation sites is 1. The molecule has 2 aromatic rings. The molecule has 2 aromatic carbocycles. The Morgan fingerprint density at radius 2 is 1.62 bits per heavy atom.